The van der Waals surface area contributed by atoms with Crippen molar-refractivity contribution in [2.24, 2.45) is 5.73 Å². The minimum absolute atomic E-state index is 0.116. The molecule has 0 aromatic heterocycles. The highest BCUT2D eigenvalue weighted by Gasteiger charge is 2.30. The van der Waals surface area contributed by atoms with E-state index >= 15 is 0 Å². The number of hydrogen-bond acceptors (Lipinski definition) is 3. The van der Waals surface area contributed by atoms with E-state index < -0.39 is 24.8 Å². The average molecular weight is 337 g/mol. The van der Waals surface area contributed by atoms with Gasteiger partial charge >= 0.3 is 12.1 Å². The van der Waals surface area contributed by atoms with Crippen LogP contribution in [0.15, 0.2) is 48.5 Å². The lowest BCUT2D eigenvalue weighted by molar-refractivity contribution is -0.187. The Bertz CT molecular complexity index is 679. The maximum absolute atomic E-state index is 12.0. The fourth-order valence-corrected chi connectivity index (χ4v) is 2.18. The topological polar surface area (TPSA) is 52.3 Å². The minimum Gasteiger partial charge on any atom is -0.455 e. The van der Waals surface area contributed by atoms with Crippen molar-refractivity contribution in [2.75, 3.05) is 6.61 Å². The van der Waals surface area contributed by atoms with E-state index in [-0.39, 0.29) is 6.42 Å². The van der Waals surface area contributed by atoms with Gasteiger partial charge in [-0.1, -0.05) is 54.1 Å². The number of carbonyl (C=O) groups is 1. The van der Waals surface area contributed by atoms with Crippen LogP contribution in [0.25, 0.3) is 11.1 Å². The predicted molar refractivity (Wildman–Crippen MR) is 85.3 cm³/mol. The number of halogens is 3. The highest BCUT2D eigenvalue weighted by molar-refractivity contribution is 5.76. The molecule has 0 saturated carbocycles. The van der Waals surface area contributed by atoms with E-state index in [2.05, 4.69) is 4.74 Å². The molecule has 2 aromatic carbocycles. The number of hydrogen-bond donors (Lipinski definition) is 1. The zero-order chi connectivity index (χ0) is 17.7. The van der Waals surface area contributed by atoms with Crippen LogP contribution in [0.3, 0.4) is 0 Å². The van der Waals surface area contributed by atoms with Gasteiger partial charge in [0, 0.05) is 0 Å². The lowest BCUT2D eigenvalue weighted by atomic mass is 10.0. The zero-order valence-electron chi connectivity index (χ0n) is 13.1. The van der Waals surface area contributed by atoms with Crippen molar-refractivity contribution >= 4 is 5.97 Å². The number of benzene rings is 2. The number of nitrogens with two attached hydrogens (primary N) is 1. The summed E-state index contributed by atoms with van der Waals surface area (Å²) in [6, 6.07) is 14.3. The molecule has 0 heterocycles. The van der Waals surface area contributed by atoms with Crippen LogP contribution in [0.1, 0.15) is 11.1 Å². The van der Waals surface area contributed by atoms with Crippen LogP contribution in [-0.4, -0.2) is 24.8 Å². The Morgan fingerprint density at radius 1 is 1.04 bits per heavy atom. The molecule has 2 rings (SSSR count). The normalized spacial score (nSPS) is 12.7. The summed E-state index contributed by atoms with van der Waals surface area (Å²) >= 11 is 0. The molecule has 128 valence electrons. The Morgan fingerprint density at radius 2 is 1.54 bits per heavy atom. The van der Waals surface area contributed by atoms with Crippen molar-refractivity contribution in [3.63, 3.8) is 0 Å². The Hall–Kier alpha value is -2.34. The summed E-state index contributed by atoms with van der Waals surface area (Å²) in [7, 11) is 0. The van der Waals surface area contributed by atoms with Gasteiger partial charge in [-0.15, -0.1) is 0 Å². The summed E-state index contributed by atoms with van der Waals surface area (Å²) in [4.78, 5) is 11.5. The van der Waals surface area contributed by atoms with Crippen LogP contribution in [0.2, 0.25) is 0 Å². The standard InChI is InChI=1S/C18H18F3NO2/c1-12-2-6-14(7-3-12)15-8-4-13(5-9-15)10-16(22)17(23)24-11-18(19,20)21/h2-9,16H,10-11,22H2,1H3. The van der Waals surface area contributed by atoms with Crippen LogP contribution in [0.4, 0.5) is 13.2 Å². The SMILES string of the molecule is Cc1ccc(-c2ccc(CC(N)C(=O)OCC(F)(F)F)cc2)cc1. The first-order valence-electron chi connectivity index (χ1n) is 7.39. The van der Waals surface area contributed by atoms with Crippen LogP contribution in [0.5, 0.6) is 0 Å². The van der Waals surface area contributed by atoms with Gasteiger partial charge in [-0.05, 0) is 30.0 Å². The zero-order valence-corrected chi connectivity index (χ0v) is 13.1. The highest BCUT2D eigenvalue weighted by atomic mass is 19.4. The molecule has 2 aromatic rings. The highest BCUT2D eigenvalue weighted by Crippen LogP contribution is 2.21. The van der Waals surface area contributed by atoms with Crippen LogP contribution in [-0.2, 0) is 16.0 Å². The van der Waals surface area contributed by atoms with Gasteiger partial charge < -0.3 is 10.5 Å². The fraction of sp³-hybridized carbons (Fsp3) is 0.278. The number of aryl methyl sites for hydroxylation is 1. The van der Waals surface area contributed by atoms with E-state index in [0.717, 1.165) is 16.7 Å². The van der Waals surface area contributed by atoms with E-state index in [1.165, 1.54) is 5.56 Å². The van der Waals surface area contributed by atoms with Gasteiger partial charge in [-0.2, -0.15) is 13.2 Å². The first-order chi connectivity index (χ1) is 11.2. The van der Waals surface area contributed by atoms with Gasteiger partial charge in [0.2, 0.25) is 0 Å². The maximum atomic E-state index is 12.0. The Kier molecular flexibility index (Phi) is 5.62. The van der Waals surface area contributed by atoms with Gasteiger partial charge in [0.25, 0.3) is 0 Å². The van der Waals surface area contributed by atoms with E-state index in [9.17, 15) is 18.0 Å². The predicted octanol–water partition coefficient (Wildman–Crippen LogP) is 3.64. The molecule has 1 atom stereocenters. The second kappa shape index (κ2) is 7.49. The first-order valence-corrected chi connectivity index (χ1v) is 7.39. The smallest absolute Gasteiger partial charge is 0.422 e. The van der Waals surface area contributed by atoms with Crippen molar-refractivity contribution in [1.82, 2.24) is 0 Å². The second-order valence-corrected chi connectivity index (χ2v) is 5.60. The lowest BCUT2D eigenvalue weighted by Gasteiger charge is -2.13. The summed E-state index contributed by atoms with van der Waals surface area (Å²) in [6.07, 6.45) is -4.43. The summed E-state index contributed by atoms with van der Waals surface area (Å²) in [5, 5.41) is 0. The third-order valence-corrected chi connectivity index (χ3v) is 3.48. The molecule has 0 saturated heterocycles. The third kappa shape index (κ3) is 5.38. The summed E-state index contributed by atoms with van der Waals surface area (Å²) in [5.41, 5.74) is 9.58. The van der Waals surface area contributed by atoms with E-state index in [0.29, 0.717) is 0 Å². The number of esters is 1. The Morgan fingerprint density at radius 3 is 2.04 bits per heavy atom. The van der Waals surface area contributed by atoms with Gasteiger partial charge in [-0.25, -0.2) is 0 Å². The van der Waals surface area contributed by atoms with Crippen molar-refractivity contribution in [3.05, 3.63) is 59.7 Å². The molecule has 0 bridgehead atoms. The quantitative estimate of drug-likeness (QED) is 0.848. The molecular weight excluding hydrogens is 319 g/mol. The van der Waals surface area contributed by atoms with E-state index in [4.69, 9.17) is 5.73 Å². The molecule has 2 N–H and O–H groups in total. The molecule has 0 fully saturated rings. The number of rotatable bonds is 5. The van der Waals surface area contributed by atoms with Gasteiger partial charge in [0.05, 0.1) is 0 Å². The molecule has 0 radical (unpaired) electrons. The molecule has 1 unspecified atom stereocenters. The van der Waals surface area contributed by atoms with Crippen molar-refractivity contribution in [3.8, 4) is 11.1 Å². The van der Waals surface area contributed by atoms with E-state index in [1.807, 2.05) is 43.3 Å². The summed E-state index contributed by atoms with van der Waals surface area (Å²) in [5.74, 6) is -1.06. The number of alkyl halides is 3. The summed E-state index contributed by atoms with van der Waals surface area (Å²) in [6.45, 7) is 0.387. The third-order valence-electron chi connectivity index (χ3n) is 3.48. The van der Waals surface area contributed by atoms with Crippen LogP contribution < -0.4 is 5.73 Å². The number of ether oxygens (including phenoxy) is 1. The second-order valence-electron chi connectivity index (χ2n) is 5.60. The molecule has 3 nitrogen and oxygen atoms in total. The van der Waals surface area contributed by atoms with Crippen LogP contribution in [0, 0.1) is 6.92 Å². The van der Waals surface area contributed by atoms with Gasteiger partial charge in [0.15, 0.2) is 6.61 Å². The molecule has 24 heavy (non-hydrogen) atoms. The molecule has 0 aliphatic rings. The number of carbonyl (C=O) groups excluding carboxylic acids is 1. The first kappa shape index (κ1) is 18.0. The molecule has 0 spiro atoms. The van der Waals surface area contributed by atoms with Crippen molar-refractivity contribution < 1.29 is 22.7 Å². The molecule has 0 aliphatic heterocycles. The lowest BCUT2D eigenvalue weighted by Crippen LogP contribution is -2.36. The maximum Gasteiger partial charge on any atom is 0.422 e. The molecular formula is C18H18F3NO2. The Labute approximate surface area is 138 Å². The van der Waals surface area contributed by atoms with Gasteiger partial charge in [-0.3, -0.25) is 4.79 Å². The molecule has 6 heteroatoms. The molecule has 0 amide bonds. The Balaban J connectivity index is 1.96. The largest absolute Gasteiger partial charge is 0.455 e. The van der Waals surface area contributed by atoms with Crippen LogP contribution >= 0.6 is 0 Å². The minimum atomic E-state index is -4.55. The van der Waals surface area contributed by atoms with Crippen molar-refractivity contribution in [1.29, 1.82) is 0 Å². The monoisotopic (exact) mass is 337 g/mol. The van der Waals surface area contributed by atoms with Crippen molar-refractivity contribution in [2.45, 2.75) is 25.6 Å². The van der Waals surface area contributed by atoms with Gasteiger partial charge in [0.1, 0.15) is 6.04 Å². The fourth-order valence-electron chi connectivity index (χ4n) is 2.18. The van der Waals surface area contributed by atoms with E-state index in [1.54, 1.807) is 12.1 Å². The average Bonchev–Trinajstić information content (AvgIpc) is 2.53. The summed E-state index contributed by atoms with van der Waals surface area (Å²) < 4.78 is 40.2. The molecule has 0 aliphatic carbocycles.